The number of hydrogen-bond donors (Lipinski definition) is 0. The summed E-state index contributed by atoms with van der Waals surface area (Å²) in [6.45, 7) is 4.97. The number of benzene rings is 1. The van der Waals surface area contributed by atoms with Crippen LogP contribution in [0.3, 0.4) is 0 Å². The Labute approximate surface area is 141 Å². The molecule has 5 nitrogen and oxygen atoms in total. The standard InChI is InChI=1S/C19H21N3O2/c1-15(2)24-19-8-6-18(7-9-19)22-11-17(21-14-22)13-23-12-16-5-3-4-10-20-16/h3-11,14-15H,12-13H2,1-2H3. The normalized spacial score (nSPS) is 11.0. The zero-order valence-corrected chi connectivity index (χ0v) is 13.9. The van der Waals surface area contributed by atoms with Crippen molar-refractivity contribution in [1.82, 2.24) is 14.5 Å². The molecule has 0 aliphatic heterocycles. The molecule has 0 aliphatic carbocycles. The number of imidazole rings is 1. The first-order valence-electron chi connectivity index (χ1n) is 7.98. The summed E-state index contributed by atoms with van der Waals surface area (Å²) in [6, 6.07) is 13.7. The Morgan fingerprint density at radius 2 is 1.75 bits per heavy atom. The van der Waals surface area contributed by atoms with E-state index >= 15 is 0 Å². The van der Waals surface area contributed by atoms with Crippen LogP contribution in [0, 0.1) is 0 Å². The summed E-state index contributed by atoms with van der Waals surface area (Å²) in [4.78, 5) is 8.61. The van der Waals surface area contributed by atoms with Crippen LogP contribution in [0.1, 0.15) is 25.2 Å². The molecule has 0 radical (unpaired) electrons. The van der Waals surface area contributed by atoms with Gasteiger partial charge in [-0.2, -0.15) is 0 Å². The predicted octanol–water partition coefficient (Wildman–Crippen LogP) is 3.77. The summed E-state index contributed by atoms with van der Waals surface area (Å²) in [5, 5.41) is 0. The second-order valence-electron chi connectivity index (χ2n) is 5.75. The average molecular weight is 323 g/mol. The molecule has 0 fully saturated rings. The van der Waals surface area contributed by atoms with Gasteiger partial charge in [-0.15, -0.1) is 0 Å². The van der Waals surface area contributed by atoms with Crippen LogP contribution in [0.4, 0.5) is 0 Å². The molecular formula is C19H21N3O2. The van der Waals surface area contributed by atoms with Crippen LogP contribution in [-0.4, -0.2) is 20.6 Å². The van der Waals surface area contributed by atoms with E-state index in [1.54, 1.807) is 12.5 Å². The van der Waals surface area contributed by atoms with E-state index in [0.29, 0.717) is 13.2 Å². The summed E-state index contributed by atoms with van der Waals surface area (Å²) in [7, 11) is 0. The smallest absolute Gasteiger partial charge is 0.119 e. The van der Waals surface area contributed by atoms with Crippen molar-refractivity contribution in [3.8, 4) is 11.4 Å². The van der Waals surface area contributed by atoms with Gasteiger partial charge in [0.1, 0.15) is 5.75 Å². The van der Waals surface area contributed by atoms with Crippen molar-refractivity contribution in [2.24, 2.45) is 0 Å². The molecule has 0 N–H and O–H groups in total. The van der Waals surface area contributed by atoms with Gasteiger partial charge >= 0.3 is 0 Å². The second kappa shape index (κ2) is 7.75. The Balaban J connectivity index is 1.57. The summed E-state index contributed by atoms with van der Waals surface area (Å²) in [5.74, 6) is 0.868. The molecule has 0 unspecified atom stereocenters. The van der Waals surface area contributed by atoms with Crippen LogP contribution in [0.5, 0.6) is 5.75 Å². The third-order valence-electron chi connectivity index (χ3n) is 3.37. The number of pyridine rings is 1. The average Bonchev–Trinajstić information content (AvgIpc) is 3.05. The van der Waals surface area contributed by atoms with Crippen molar-refractivity contribution < 1.29 is 9.47 Å². The van der Waals surface area contributed by atoms with Crippen molar-refractivity contribution >= 4 is 0 Å². The molecule has 24 heavy (non-hydrogen) atoms. The minimum absolute atomic E-state index is 0.173. The molecule has 0 bridgehead atoms. The zero-order chi connectivity index (χ0) is 16.8. The second-order valence-corrected chi connectivity index (χ2v) is 5.75. The van der Waals surface area contributed by atoms with Crippen LogP contribution in [0.25, 0.3) is 5.69 Å². The SMILES string of the molecule is CC(C)Oc1ccc(-n2cnc(COCc3ccccn3)c2)cc1. The van der Waals surface area contributed by atoms with Crippen molar-refractivity contribution in [2.75, 3.05) is 0 Å². The Bertz CT molecular complexity index is 752. The maximum atomic E-state index is 5.66. The maximum Gasteiger partial charge on any atom is 0.119 e. The number of rotatable bonds is 7. The van der Waals surface area contributed by atoms with Gasteiger partial charge in [-0.25, -0.2) is 4.98 Å². The summed E-state index contributed by atoms with van der Waals surface area (Å²) in [6.07, 6.45) is 5.70. The highest BCUT2D eigenvalue weighted by atomic mass is 16.5. The molecule has 0 spiro atoms. The van der Waals surface area contributed by atoms with E-state index in [4.69, 9.17) is 9.47 Å². The highest BCUT2D eigenvalue weighted by Gasteiger charge is 2.03. The van der Waals surface area contributed by atoms with Gasteiger partial charge < -0.3 is 14.0 Å². The van der Waals surface area contributed by atoms with Crippen LogP contribution >= 0.6 is 0 Å². The molecule has 2 heterocycles. The van der Waals surface area contributed by atoms with Gasteiger partial charge in [0.05, 0.1) is 37.0 Å². The van der Waals surface area contributed by atoms with E-state index in [-0.39, 0.29) is 6.10 Å². The molecule has 3 rings (SSSR count). The summed E-state index contributed by atoms with van der Waals surface area (Å²) >= 11 is 0. The molecule has 0 saturated carbocycles. The lowest BCUT2D eigenvalue weighted by atomic mass is 10.3. The monoisotopic (exact) mass is 323 g/mol. The topological polar surface area (TPSA) is 49.2 Å². The minimum atomic E-state index is 0.173. The lowest BCUT2D eigenvalue weighted by molar-refractivity contribution is 0.102. The van der Waals surface area contributed by atoms with Gasteiger partial charge in [-0.1, -0.05) is 6.07 Å². The van der Waals surface area contributed by atoms with Crippen LogP contribution in [-0.2, 0) is 18.0 Å². The Kier molecular flexibility index (Phi) is 5.23. The van der Waals surface area contributed by atoms with Gasteiger partial charge in [0, 0.05) is 18.1 Å². The van der Waals surface area contributed by atoms with E-state index in [1.165, 1.54) is 0 Å². The van der Waals surface area contributed by atoms with Gasteiger partial charge in [-0.3, -0.25) is 4.98 Å². The van der Waals surface area contributed by atoms with Gasteiger partial charge in [-0.05, 0) is 50.2 Å². The van der Waals surface area contributed by atoms with Crippen molar-refractivity contribution in [1.29, 1.82) is 0 Å². The van der Waals surface area contributed by atoms with Crippen LogP contribution in [0.15, 0.2) is 61.2 Å². The molecule has 0 aliphatic rings. The lowest BCUT2D eigenvalue weighted by Gasteiger charge is -2.10. The molecule has 3 aromatic rings. The number of ether oxygens (including phenoxy) is 2. The minimum Gasteiger partial charge on any atom is -0.491 e. The Hall–Kier alpha value is -2.66. The fraction of sp³-hybridized carbons (Fsp3) is 0.263. The molecule has 1 aromatic carbocycles. The quantitative estimate of drug-likeness (QED) is 0.664. The third kappa shape index (κ3) is 4.43. The van der Waals surface area contributed by atoms with E-state index in [2.05, 4.69) is 9.97 Å². The van der Waals surface area contributed by atoms with E-state index in [1.807, 2.05) is 67.1 Å². The number of aromatic nitrogens is 3. The van der Waals surface area contributed by atoms with Crippen molar-refractivity contribution in [2.45, 2.75) is 33.2 Å². The van der Waals surface area contributed by atoms with Crippen LogP contribution in [0.2, 0.25) is 0 Å². The van der Waals surface area contributed by atoms with E-state index in [0.717, 1.165) is 22.8 Å². The highest BCUT2D eigenvalue weighted by Crippen LogP contribution is 2.17. The van der Waals surface area contributed by atoms with Gasteiger partial charge in [0.2, 0.25) is 0 Å². The molecule has 0 amide bonds. The lowest BCUT2D eigenvalue weighted by Crippen LogP contribution is -2.05. The Morgan fingerprint density at radius 3 is 2.46 bits per heavy atom. The zero-order valence-electron chi connectivity index (χ0n) is 13.9. The van der Waals surface area contributed by atoms with Crippen molar-refractivity contribution in [3.63, 3.8) is 0 Å². The first-order valence-corrected chi connectivity index (χ1v) is 7.98. The van der Waals surface area contributed by atoms with Gasteiger partial charge in [0.15, 0.2) is 0 Å². The summed E-state index contributed by atoms with van der Waals surface area (Å²) < 4.78 is 13.3. The highest BCUT2D eigenvalue weighted by molar-refractivity contribution is 5.37. The number of nitrogens with zero attached hydrogens (tertiary/aromatic N) is 3. The molecule has 2 aromatic heterocycles. The molecule has 0 saturated heterocycles. The van der Waals surface area contributed by atoms with E-state index in [9.17, 15) is 0 Å². The third-order valence-corrected chi connectivity index (χ3v) is 3.37. The van der Waals surface area contributed by atoms with E-state index < -0.39 is 0 Å². The fourth-order valence-corrected chi connectivity index (χ4v) is 2.29. The molecule has 5 heteroatoms. The molecule has 124 valence electrons. The fourth-order valence-electron chi connectivity index (χ4n) is 2.29. The first-order chi connectivity index (χ1) is 11.7. The van der Waals surface area contributed by atoms with Gasteiger partial charge in [0.25, 0.3) is 0 Å². The maximum absolute atomic E-state index is 5.66. The molecular weight excluding hydrogens is 302 g/mol. The van der Waals surface area contributed by atoms with Crippen molar-refractivity contribution in [3.05, 3.63) is 72.6 Å². The largest absolute Gasteiger partial charge is 0.491 e. The number of hydrogen-bond acceptors (Lipinski definition) is 4. The predicted molar refractivity (Wildman–Crippen MR) is 92.1 cm³/mol. The first kappa shape index (κ1) is 16.2. The summed E-state index contributed by atoms with van der Waals surface area (Å²) in [5.41, 5.74) is 2.83. The molecule has 0 atom stereocenters. The van der Waals surface area contributed by atoms with Crippen LogP contribution < -0.4 is 4.74 Å². The Morgan fingerprint density at radius 1 is 0.958 bits per heavy atom.